The third-order valence-corrected chi connectivity index (χ3v) is 6.27. The molecule has 1 heterocycles. The van der Waals surface area contributed by atoms with Crippen molar-refractivity contribution in [3.05, 3.63) is 88.5 Å². The number of rotatable bonds is 1. The van der Waals surface area contributed by atoms with Crippen LogP contribution in [0, 0.1) is 6.92 Å². The minimum Gasteiger partial charge on any atom is -0.288 e. The Hall–Kier alpha value is -3.26. The topological polar surface area (TPSA) is 30.0 Å². The highest BCUT2D eigenvalue weighted by atomic mass is 16.1. The monoisotopic (exact) mass is 361 g/mol. The Morgan fingerprint density at radius 2 is 1.46 bits per heavy atom. The molecule has 2 nitrogen and oxygen atoms in total. The molecule has 0 aliphatic heterocycles. The highest BCUT2D eigenvalue weighted by Gasteiger charge is 2.33. The molecule has 3 aromatic carbocycles. The predicted molar refractivity (Wildman–Crippen MR) is 113 cm³/mol. The maximum atomic E-state index is 13.4. The lowest BCUT2D eigenvalue weighted by Gasteiger charge is -2.15. The smallest absolute Gasteiger partial charge is 0.196 e. The van der Waals surface area contributed by atoms with Gasteiger partial charge in [-0.15, -0.1) is 0 Å². The quantitative estimate of drug-likeness (QED) is 0.371. The lowest BCUT2D eigenvalue weighted by molar-refractivity contribution is 0.104. The van der Waals surface area contributed by atoms with Crippen molar-refractivity contribution in [3.8, 4) is 22.4 Å². The average Bonchev–Trinajstić information content (AvgIpc) is 3.28. The van der Waals surface area contributed by atoms with Crippen molar-refractivity contribution in [3.63, 3.8) is 0 Å². The molecule has 0 saturated heterocycles. The number of aromatic nitrogens is 1. The molecule has 0 saturated carbocycles. The van der Waals surface area contributed by atoms with Gasteiger partial charge >= 0.3 is 0 Å². The average molecular weight is 361 g/mol. The summed E-state index contributed by atoms with van der Waals surface area (Å²) in [7, 11) is 0. The van der Waals surface area contributed by atoms with Crippen molar-refractivity contribution >= 4 is 16.7 Å². The molecule has 2 aliphatic carbocycles. The Morgan fingerprint density at radius 3 is 2.25 bits per heavy atom. The first-order valence-electron chi connectivity index (χ1n) is 9.92. The summed E-state index contributed by atoms with van der Waals surface area (Å²) in [6.07, 6.45) is 3.44. The van der Waals surface area contributed by atoms with Gasteiger partial charge in [-0.05, 0) is 60.6 Å². The van der Waals surface area contributed by atoms with Crippen molar-refractivity contribution in [2.45, 2.75) is 26.2 Å². The van der Waals surface area contributed by atoms with E-state index in [1.807, 2.05) is 24.3 Å². The molecule has 0 atom stereocenters. The molecule has 4 aromatic rings. The van der Waals surface area contributed by atoms with Gasteiger partial charge in [0, 0.05) is 22.1 Å². The Balaban J connectivity index is 1.80. The molecule has 0 radical (unpaired) electrons. The molecule has 0 bridgehead atoms. The van der Waals surface area contributed by atoms with Crippen LogP contribution in [0.3, 0.4) is 0 Å². The fourth-order valence-electron chi connectivity index (χ4n) is 4.90. The van der Waals surface area contributed by atoms with Gasteiger partial charge in [0.15, 0.2) is 5.78 Å². The summed E-state index contributed by atoms with van der Waals surface area (Å²) in [4.78, 5) is 18.5. The molecule has 0 amide bonds. The van der Waals surface area contributed by atoms with Gasteiger partial charge in [0.05, 0.1) is 16.8 Å². The number of hydrogen-bond donors (Lipinski definition) is 0. The van der Waals surface area contributed by atoms with Crippen LogP contribution in [0.1, 0.15) is 39.0 Å². The number of nitrogens with zero attached hydrogens (tertiary/aromatic N) is 1. The van der Waals surface area contributed by atoms with Crippen LogP contribution in [-0.2, 0) is 12.8 Å². The highest BCUT2D eigenvalue weighted by molar-refractivity contribution is 6.26. The minimum atomic E-state index is 0.0961. The Kier molecular flexibility index (Phi) is 3.16. The fraction of sp³-hybridized carbons (Fsp3) is 0.154. The van der Waals surface area contributed by atoms with E-state index < -0.39 is 0 Å². The first-order chi connectivity index (χ1) is 13.7. The highest BCUT2D eigenvalue weighted by Crippen LogP contribution is 2.45. The normalized spacial score (nSPS) is 14.2. The number of carbonyl (C=O) groups excluding carboxylic acids is 1. The van der Waals surface area contributed by atoms with Gasteiger partial charge in [0.1, 0.15) is 0 Å². The Labute approximate surface area is 163 Å². The van der Waals surface area contributed by atoms with Gasteiger partial charge < -0.3 is 0 Å². The SMILES string of the molecule is Cc1ccccc1-c1c2c(nc3cc4c(cc13)CCC4)-c1ccccc1C2=O. The van der Waals surface area contributed by atoms with Gasteiger partial charge in [-0.2, -0.15) is 0 Å². The molecule has 0 fully saturated rings. The standard InChI is InChI=1S/C26H19NO/c1-15-7-2-3-10-18(15)23-21-13-16-8-6-9-17(16)14-22(21)27-25-19-11-4-5-12-20(19)26(28)24(23)25/h2-5,7,10-14H,6,8-9H2,1H3. The predicted octanol–water partition coefficient (Wildman–Crippen LogP) is 5.91. The van der Waals surface area contributed by atoms with Crippen LogP contribution in [0.2, 0.25) is 0 Å². The van der Waals surface area contributed by atoms with Crippen LogP contribution in [0.4, 0.5) is 0 Å². The summed E-state index contributed by atoms with van der Waals surface area (Å²) in [5.74, 6) is 0.0961. The Bertz CT molecular complexity index is 1320. The molecule has 0 spiro atoms. The number of fused-ring (bicyclic) bond motifs is 5. The largest absolute Gasteiger partial charge is 0.288 e. The maximum absolute atomic E-state index is 13.4. The minimum absolute atomic E-state index is 0.0961. The molecule has 2 aliphatic rings. The van der Waals surface area contributed by atoms with E-state index in [4.69, 9.17) is 4.98 Å². The van der Waals surface area contributed by atoms with E-state index in [1.165, 1.54) is 23.1 Å². The number of pyridine rings is 1. The molecule has 0 unspecified atom stereocenters. The van der Waals surface area contributed by atoms with Crippen molar-refractivity contribution in [2.75, 3.05) is 0 Å². The van der Waals surface area contributed by atoms with E-state index in [0.717, 1.165) is 57.3 Å². The molecule has 28 heavy (non-hydrogen) atoms. The number of hydrogen-bond acceptors (Lipinski definition) is 2. The summed E-state index contributed by atoms with van der Waals surface area (Å²) in [5, 5.41) is 1.11. The van der Waals surface area contributed by atoms with Gasteiger partial charge in [-0.25, -0.2) is 4.98 Å². The first-order valence-corrected chi connectivity index (χ1v) is 9.92. The molecule has 2 heteroatoms. The van der Waals surface area contributed by atoms with Crippen molar-refractivity contribution < 1.29 is 4.79 Å². The van der Waals surface area contributed by atoms with Crippen LogP contribution in [0.25, 0.3) is 33.3 Å². The third-order valence-electron chi connectivity index (χ3n) is 6.27. The third kappa shape index (κ3) is 2.03. The van der Waals surface area contributed by atoms with Gasteiger partial charge in [0.2, 0.25) is 0 Å². The van der Waals surface area contributed by atoms with E-state index in [0.29, 0.717) is 0 Å². The van der Waals surface area contributed by atoms with Crippen LogP contribution in [0.5, 0.6) is 0 Å². The van der Waals surface area contributed by atoms with Crippen LogP contribution in [0.15, 0.2) is 60.7 Å². The van der Waals surface area contributed by atoms with E-state index in [-0.39, 0.29) is 5.78 Å². The lowest BCUT2D eigenvalue weighted by atomic mass is 9.90. The number of ketones is 1. The summed E-state index contributed by atoms with van der Waals surface area (Å²) in [6.45, 7) is 2.12. The fourth-order valence-corrected chi connectivity index (χ4v) is 4.90. The van der Waals surface area contributed by atoms with E-state index >= 15 is 0 Å². The van der Waals surface area contributed by atoms with E-state index in [1.54, 1.807) is 0 Å². The molecule has 6 rings (SSSR count). The Morgan fingerprint density at radius 1 is 0.786 bits per heavy atom. The molecule has 134 valence electrons. The zero-order valence-corrected chi connectivity index (χ0v) is 15.8. The van der Waals surface area contributed by atoms with Crippen molar-refractivity contribution in [1.82, 2.24) is 4.98 Å². The van der Waals surface area contributed by atoms with Crippen LogP contribution >= 0.6 is 0 Å². The zero-order valence-electron chi connectivity index (χ0n) is 15.8. The lowest BCUT2D eigenvalue weighted by Crippen LogP contribution is -2.02. The second-order valence-electron chi connectivity index (χ2n) is 7.89. The van der Waals surface area contributed by atoms with Gasteiger partial charge in [0.25, 0.3) is 0 Å². The summed E-state index contributed by atoms with van der Waals surface area (Å²) in [6, 6.07) is 20.8. The van der Waals surface area contributed by atoms with Crippen LogP contribution in [-0.4, -0.2) is 10.8 Å². The molecule has 0 N–H and O–H groups in total. The molecular weight excluding hydrogens is 342 g/mol. The number of aryl methyl sites for hydroxylation is 3. The van der Waals surface area contributed by atoms with Crippen molar-refractivity contribution in [1.29, 1.82) is 0 Å². The van der Waals surface area contributed by atoms with Gasteiger partial charge in [-0.3, -0.25) is 4.79 Å². The maximum Gasteiger partial charge on any atom is 0.196 e. The van der Waals surface area contributed by atoms with E-state index in [9.17, 15) is 4.79 Å². The number of benzene rings is 3. The molecular formula is C26H19NO. The zero-order chi connectivity index (χ0) is 18.8. The molecule has 1 aromatic heterocycles. The second kappa shape index (κ2) is 5.62. The summed E-state index contributed by atoms with van der Waals surface area (Å²) >= 11 is 0. The number of carbonyl (C=O) groups is 1. The van der Waals surface area contributed by atoms with Gasteiger partial charge in [-0.1, -0.05) is 48.5 Å². The van der Waals surface area contributed by atoms with Crippen molar-refractivity contribution in [2.24, 2.45) is 0 Å². The van der Waals surface area contributed by atoms with Crippen LogP contribution < -0.4 is 0 Å². The summed E-state index contributed by atoms with van der Waals surface area (Å²) in [5.41, 5.74) is 10.5. The van der Waals surface area contributed by atoms with E-state index in [2.05, 4.69) is 43.3 Å². The summed E-state index contributed by atoms with van der Waals surface area (Å²) < 4.78 is 0. The second-order valence-corrected chi connectivity index (χ2v) is 7.89. The first kappa shape index (κ1) is 15.8.